The zero-order valence-electron chi connectivity index (χ0n) is 14.8. The third kappa shape index (κ3) is 3.61. The van der Waals surface area contributed by atoms with Crippen molar-refractivity contribution in [2.24, 2.45) is 0 Å². The Morgan fingerprint density at radius 3 is 2.79 bits per heavy atom. The van der Waals surface area contributed by atoms with Crippen molar-refractivity contribution < 1.29 is 9.21 Å². The van der Waals surface area contributed by atoms with Gasteiger partial charge >= 0.3 is 0 Å². The van der Waals surface area contributed by atoms with Gasteiger partial charge in [-0.3, -0.25) is 4.79 Å². The molecule has 1 amide bonds. The number of carbonyl (C=O) groups excluding carboxylic acids is 1. The predicted octanol–water partition coefficient (Wildman–Crippen LogP) is 4.21. The van der Waals surface area contributed by atoms with E-state index in [0.29, 0.717) is 22.4 Å². The van der Waals surface area contributed by atoms with E-state index in [4.69, 9.17) is 9.68 Å². The fourth-order valence-electron chi connectivity index (χ4n) is 2.69. The molecule has 2 aromatic heterocycles. The number of amides is 1. The molecular formula is C20H15N5O2S. The summed E-state index contributed by atoms with van der Waals surface area (Å²) in [5.41, 5.74) is 2.97. The molecule has 0 aliphatic rings. The van der Waals surface area contributed by atoms with Crippen molar-refractivity contribution >= 4 is 34.3 Å². The molecule has 138 valence electrons. The zero-order valence-corrected chi connectivity index (χ0v) is 15.7. The van der Waals surface area contributed by atoms with Crippen LogP contribution in [0.4, 0.5) is 5.69 Å². The Bertz CT molecular complexity index is 1170. The quantitative estimate of drug-likeness (QED) is 0.495. The molecule has 2 N–H and O–H groups in total. The van der Waals surface area contributed by atoms with Gasteiger partial charge in [0.2, 0.25) is 5.91 Å². The van der Waals surface area contributed by atoms with Gasteiger partial charge in [-0.15, -0.1) is 10.2 Å². The molecular weight excluding hydrogens is 374 g/mol. The second-order valence-electron chi connectivity index (χ2n) is 6.06. The number of thioether (sulfide) groups is 1. The van der Waals surface area contributed by atoms with Crippen molar-refractivity contribution in [3.05, 3.63) is 60.3 Å². The van der Waals surface area contributed by atoms with Crippen LogP contribution in [0.1, 0.15) is 12.5 Å². The van der Waals surface area contributed by atoms with Gasteiger partial charge in [-0.2, -0.15) is 5.26 Å². The minimum absolute atomic E-state index is 0.193. The van der Waals surface area contributed by atoms with Gasteiger partial charge in [-0.1, -0.05) is 30.0 Å². The summed E-state index contributed by atoms with van der Waals surface area (Å²) >= 11 is 1.19. The maximum atomic E-state index is 12.4. The first-order chi connectivity index (χ1) is 13.6. The van der Waals surface area contributed by atoms with Crippen LogP contribution in [0.5, 0.6) is 0 Å². The smallest absolute Gasteiger partial charge is 0.277 e. The Morgan fingerprint density at radius 2 is 2.00 bits per heavy atom. The standard InChI is InChI=1S/C20H15N5O2S/c1-12(18(26)23-14-8-6-13(10-21)7-9-14)28-20-25-24-19(27-20)16-11-22-17-5-3-2-4-15(16)17/h2-9,11-12,22H,1H3,(H,23,26)/t12-/m1/s1. The van der Waals surface area contributed by atoms with Gasteiger partial charge < -0.3 is 14.7 Å². The summed E-state index contributed by atoms with van der Waals surface area (Å²) < 4.78 is 5.74. The number of anilines is 1. The lowest BCUT2D eigenvalue weighted by atomic mass is 10.2. The van der Waals surface area contributed by atoms with E-state index >= 15 is 0 Å². The van der Waals surface area contributed by atoms with Gasteiger partial charge in [0.25, 0.3) is 11.1 Å². The first-order valence-electron chi connectivity index (χ1n) is 8.52. The molecule has 28 heavy (non-hydrogen) atoms. The number of hydrogen-bond acceptors (Lipinski definition) is 6. The van der Waals surface area contributed by atoms with Crippen molar-refractivity contribution in [3.63, 3.8) is 0 Å². The Morgan fingerprint density at radius 1 is 1.21 bits per heavy atom. The Hall–Kier alpha value is -3.57. The Kier molecular flexibility index (Phi) is 4.83. The maximum absolute atomic E-state index is 12.4. The summed E-state index contributed by atoms with van der Waals surface area (Å²) in [6, 6.07) is 16.6. The molecule has 0 bridgehead atoms. The number of nitriles is 1. The van der Waals surface area contributed by atoms with Gasteiger partial charge in [-0.05, 0) is 37.3 Å². The Labute approximate surface area is 164 Å². The molecule has 0 saturated carbocycles. The van der Waals surface area contributed by atoms with Crippen LogP contribution < -0.4 is 5.32 Å². The second-order valence-corrected chi connectivity index (χ2v) is 7.35. The number of fused-ring (bicyclic) bond motifs is 1. The van der Waals surface area contributed by atoms with Crippen LogP contribution in [-0.4, -0.2) is 26.3 Å². The van der Waals surface area contributed by atoms with E-state index in [-0.39, 0.29) is 5.91 Å². The van der Waals surface area contributed by atoms with Gasteiger partial charge in [0, 0.05) is 22.8 Å². The molecule has 4 aromatic rings. The van der Waals surface area contributed by atoms with E-state index in [0.717, 1.165) is 16.5 Å². The van der Waals surface area contributed by atoms with Crippen LogP contribution in [-0.2, 0) is 4.79 Å². The van der Waals surface area contributed by atoms with Crippen molar-refractivity contribution in [1.82, 2.24) is 15.2 Å². The number of carbonyl (C=O) groups is 1. The predicted molar refractivity (Wildman–Crippen MR) is 107 cm³/mol. The number of nitrogens with zero attached hydrogens (tertiary/aromatic N) is 3. The summed E-state index contributed by atoms with van der Waals surface area (Å²) in [5, 5.41) is 20.7. The van der Waals surface area contributed by atoms with E-state index in [1.807, 2.05) is 36.5 Å². The normalized spacial score (nSPS) is 11.9. The average molecular weight is 389 g/mol. The number of aromatic amines is 1. The van der Waals surface area contributed by atoms with E-state index in [1.54, 1.807) is 31.2 Å². The van der Waals surface area contributed by atoms with Gasteiger partial charge in [0.15, 0.2) is 0 Å². The van der Waals surface area contributed by atoms with Crippen molar-refractivity contribution in [1.29, 1.82) is 5.26 Å². The van der Waals surface area contributed by atoms with Gasteiger partial charge in [0.1, 0.15) is 0 Å². The second kappa shape index (κ2) is 7.58. The number of rotatable bonds is 5. The number of benzene rings is 2. The number of hydrogen-bond donors (Lipinski definition) is 2. The molecule has 0 saturated heterocycles. The summed E-state index contributed by atoms with van der Waals surface area (Å²) in [6.45, 7) is 1.76. The maximum Gasteiger partial charge on any atom is 0.277 e. The lowest BCUT2D eigenvalue weighted by molar-refractivity contribution is -0.115. The topological polar surface area (TPSA) is 108 Å². The van der Waals surface area contributed by atoms with E-state index < -0.39 is 5.25 Å². The highest BCUT2D eigenvalue weighted by molar-refractivity contribution is 8.00. The molecule has 4 rings (SSSR count). The van der Waals surface area contributed by atoms with Crippen LogP contribution in [0.3, 0.4) is 0 Å². The van der Waals surface area contributed by atoms with Gasteiger partial charge in [0.05, 0.1) is 22.4 Å². The minimum Gasteiger partial charge on any atom is -0.411 e. The molecule has 0 aliphatic carbocycles. The summed E-state index contributed by atoms with van der Waals surface area (Å²) in [7, 11) is 0. The van der Waals surface area contributed by atoms with E-state index in [1.165, 1.54) is 11.8 Å². The number of para-hydroxylation sites is 1. The molecule has 2 heterocycles. The van der Waals surface area contributed by atoms with Crippen molar-refractivity contribution in [2.45, 2.75) is 17.4 Å². The molecule has 1 atom stereocenters. The van der Waals surface area contributed by atoms with Crippen LogP contribution >= 0.6 is 11.8 Å². The van der Waals surface area contributed by atoms with Crippen LogP contribution in [0.2, 0.25) is 0 Å². The average Bonchev–Trinajstić information content (AvgIpc) is 3.35. The highest BCUT2D eigenvalue weighted by Crippen LogP contribution is 2.30. The largest absolute Gasteiger partial charge is 0.411 e. The number of H-pyrrole nitrogens is 1. The number of aromatic nitrogens is 3. The van der Waals surface area contributed by atoms with E-state index in [9.17, 15) is 4.79 Å². The zero-order chi connectivity index (χ0) is 19.5. The van der Waals surface area contributed by atoms with Crippen LogP contribution in [0.15, 0.2) is 64.4 Å². The summed E-state index contributed by atoms with van der Waals surface area (Å²) in [5.74, 6) is 0.209. The lowest BCUT2D eigenvalue weighted by Gasteiger charge is -2.09. The first-order valence-corrected chi connectivity index (χ1v) is 9.39. The van der Waals surface area contributed by atoms with E-state index in [2.05, 4.69) is 20.5 Å². The lowest BCUT2D eigenvalue weighted by Crippen LogP contribution is -2.22. The molecule has 0 unspecified atom stereocenters. The molecule has 0 spiro atoms. The molecule has 0 aliphatic heterocycles. The van der Waals surface area contributed by atoms with Crippen LogP contribution in [0.25, 0.3) is 22.4 Å². The first kappa shape index (κ1) is 17.8. The molecule has 8 heteroatoms. The molecule has 7 nitrogen and oxygen atoms in total. The fraction of sp³-hybridized carbons (Fsp3) is 0.100. The summed E-state index contributed by atoms with van der Waals surface area (Å²) in [4.78, 5) is 15.6. The highest BCUT2D eigenvalue weighted by Gasteiger charge is 2.20. The third-order valence-electron chi connectivity index (χ3n) is 4.15. The van der Waals surface area contributed by atoms with Gasteiger partial charge in [-0.25, -0.2) is 0 Å². The highest BCUT2D eigenvalue weighted by atomic mass is 32.2. The Balaban J connectivity index is 1.44. The van der Waals surface area contributed by atoms with Crippen molar-refractivity contribution in [3.8, 4) is 17.5 Å². The monoisotopic (exact) mass is 389 g/mol. The number of nitrogens with one attached hydrogen (secondary N) is 2. The summed E-state index contributed by atoms with van der Waals surface area (Å²) in [6.07, 6.45) is 1.83. The molecule has 2 aromatic carbocycles. The fourth-order valence-corrected chi connectivity index (χ4v) is 3.37. The molecule has 0 fully saturated rings. The minimum atomic E-state index is -0.438. The SMILES string of the molecule is C[C@@H](Sc1nnc(-c2c[nH]c3ccccc23)o1)C(=O)Nc1ccc(C#N)cc1. The van der Waals surface area contributed by atoms with Crippen molar-refractivity contribution in [2.75, 3.05) is 5.32 Å². The third-order valence-corrected chi connectivity index (χ3v) is 5.09. The van der Waals surface area contributed by atoms with Crippen LogP contribution in [0, 0.1) is 11.3 Å². The molecule has 0 radical (unpaired) electrons.